The molecule has 0 saturated carbocycles. The topological polar surface area (TPSA) is 12.9 Å². The van der Waals surface area contributed by atoms with Gasteiger partial charge >= 0.3 is 0 Å². The van der Waals surface area contributed by atoms with E-state index in [-0.39, 0.29) is 0 Å². The maximum atomic E-state index is 4.27. The first-order chi connectivity index (χ1) is 8.78. The van der Waals surface area contributed by atoms with Gasteiger partial charge in [-0.25, -0.2) is 4.98 Å². The van der Waals surface area contributed by atoms with Gasteiger partial charge in [-0.3, -0.25) is 0 Å². The highest BCUT2D eigenvalue weighted by Gasteiger charge is 1.91. The monoisotopic (exact) mass is 235 g/mol. The number of benzene rings is 1. The first kappa shape index (κ1) is 12.4. The molecule has 1 heterocycles. The summed E-state index contributed by atoms with van der Waals surface area (Å²) in [6.07, 6.45) is 4.15. The van der Waals surface area contributed by atoms with Crippen LogP contribution >= 0.6 is 0 Å². The van der Waals surface area contributed by atoms with Gasteiger partial charge in [0.25, 0.3) is 0 Å². The van der Waals surface area contributed by atoms with E-state index in [0.29, 0.717) is 0 Å². The second-order valence-corrected chi connectivity index (χ2v) is 4.42. The Balaban J connectivity index is 2.12. The molecule has 1 heteroatoms. The van der Waals surface area contributed by atoms with E-state index in [1.807, 2.05) is 25.3 Å². The van der Waals surface area contributed by atoms with Crippen molar-refractivity contribution in [3.63, 3.8) is 0 Å². The number of aromatic nitrogens is 1. The minimum atomic E-state index is 0.818. The van der Waals surface area contributed by atoms with Crippen molar-refractivity contribution in [3.8, 4) is 11.8 Å². The van der Waals surface area contributed by atoms with Gasteiger partial charge in [0.05, 0.1) is 0 Å². The number of aryl methyl sites for hydroxylation is 2. The molecule has 0 unspecified atom stereocenters. The fraction of sp³-hybridized carbons (Fsp3) is 0.235. The highest BCUT2D eigenvalue weighted by molar-refractivity contribution is 5.41. The minimum Gasteiger partial charge on any atom is -0.248 e. The van der Waals surface area contributed by atoms with Gasteiger partial charge in [-0.2, -0.15) is 0 Å². The fourth-order valence-electron chi connectivity index (χ4n) is 1.72. The molecule has 0 fully saturated rings. The molecule has 18 heavy (non-hydrogen) atoms. The molecule has 1 nitrogen and oxygen atoms in total. The van der Waals surface area contributed by atoms with E-state index in [1.54, 1.807) is 0 Å². The van der Waals surface area contributed by atoms with Crippen LogP contribution in [0, 0.1) is 18.8 Å². The molecule has 1 aromatic heterocycles. The van der Waals surface area contributed by atoms with Crippen LogP contribution in [0.25, 0.3) is 0 Å². The quantitative estimate of drug-likeness (QED) is 0.722. The maximum Gasteiger partial charge on any atom is 0.113 e. The zero-order valence-electron chi connectivity index (χ0n) is 10.9. The van der Waals surface area contributed by atoms with Gasteiger partial charge in [0, 0.05) is 11.8 Å². The second kappa shape index (κ2) is 6.02. The summed E-state index contributed by atoms with van der Waals surface area (Å²) >= 11 is 0. The van der Waals surface area contributed by atoms with E-state index < -0.39 is 0 Å². The molecular weight excluding hydrogens is 218 g/mol. The largest absolute Gasteiger partial charge is 0.248 e. The lowest BCUT2D eigenvalue weighted by Crippen LogP contribution is -1.84. The lowest BCUT2D eigenvalue weighted by Gasteiger charge is -1.97. The smallest absolute Gasteiger partial charge is 0.113 e. The van der Waals surface area contributed by atoms with E-state index in [9.17, 15) is 0 Å². The first-order valence-corrected chi connectivity index (χ1v) is 6.31. The van der Waals surface area contributed by atoms with Crippen LogP contribution in [0.3, 0.4) is 0 Å². The third kappa shape index (κ3) is 3.46. The molecule has 0 spiro atoms. The molecule has 0 atom stereocenters. The van der Waals surface area contributed by atoms with E-state index in [0.717, 1.165) is 23.2 Å². The lowest BCUT2D eigenvalue weighted by molar-refractivity contribution is 0.922. The van der Waals surface area contributed by atoms with Crippen molar-refractivity contribution in [2.45, 2.75) is 26.7 Å². The Bertz CT molecular complexity index is 553. The van der Waals surface area contributed by atoms with Gasteiger partial charge in [-0.1, -0.05) is 37.5 Å². The summed E-state index contributed by atoms with van der Waals surface area (Å²) in [4.78, 5) is 4.27. The van der Waals surface area contributed by atoms with Crippen LogP contribution < -0.4 is 0 Å². The van der Waals surface area contributed by atoms with E-state index in [2.05, 4.69) is 48.0 Å². The van der Waals surface area contributed by atoms with Gasteiger partial charge in [0.15, 0.2) is 0 Å². The van der Waals surface area contributed by atoms with Crippen LogP contribution in [0.15, 0.2) is 42.6 Å². The zero-order valence-corrected chi connectivity index (χ0v) is 10.9. The summed E-state index contributed by atoms with van der Waals surface area (Å²) in [7, 11) is 0. The molecule has 90 valence electrons. The SMILES string of the molecule is CCCc1ccc(C#Cc2ccc(C)cn2)cc1. The summed E-state index contributed by atoms with van der Waals surface area (Å²) < 4.78 is 0. The highest BCUT2D eigenvalue weighted by Crippen LogP contribution is 2.06. The minimum absolute atomic E-state index is 0.818. The molecule has 0 saturated heterocycles. The van der Waals surface area contributed by atoms with Crippen LogP contribution in [0.4, 0.5) is 0 Å². The van der Waals surface area contributed by atoms with Crippen molar-refractivity contribution in [3.05, 3.63) is 65.0 Å². The lowest BCUT2D eigenvalue weighted by atomic mass is 10.1. The molecule has 0 aliphatic carbocycles. The van der Waals surface area contributed by atoms with Gasteiger partial charge in [0.2, 0.25) is 0 Å². The Kier molecular flexibility index (Phi) is 4.15. The number of hydrogen-bond acceptors (Lipinski definition) is 1. The molecule has 0 radical (unpaired) electrons. The Labute approximate surface area is 109 Å². The van der Waals surface area contributed by atoms with Crippen molar-refractivity contribution < 1.29 is 0 Å². The Morgan fingerprint density at radius 1 is 1.00 bits per heavy atom. The van der Waals surface area contributed by atoms with E-state index >= 15 is 0 Å². The molecule has 0 aliphatic rings. The van der Waals surface area contributed by atoms with Gasteiger partial charge in [0.1, 0.15) is 5.69 Å². The molecule has 0 N–H and O–H groups in total. The molecule has 0 amide bonds. The summed E-state index contributed by atoms with van der Waals surface area (Å²) in [6, 6.07) is 12.4. The third-order valence-corrected chi connectivity index (χ3v) is 2.74. The Hall–Kier alpha value is -2.07. The Morgan fingerprint density at radius 2 is 1.78 bits per heavy atom. The van der Waals surface area contributed by atoms with Gasteiger partial charge in [-0.15, -0.1) is 0 Å². The second-order valence-electron chi connectivity index (χ2n) is 4.42. The van der Waals surface area contributed by atoms with Crippen LogP contribution in [0.2, 0.25) is 0 Å². The summed E-state index contributed by atoms with van der Waals surface area (Å²) in [5.41, 5.74) is 4.39. The normalized spacial score (nSPS) is 9.67. The molecular formula is C17H17N. The summed E-state index contributed by atoms with van der Waals surface area (Å²) in [5, 5.41) is 0. The van der Waals surface area contributed by atoms with Gasteiger partial charge in [-0.05, 0) is 48.6 Å². The number of nitrogens with zero attached hydrogens (tertiary/aromatic N) is 1. The molecule has 0 bridgehead atoms. The summed E-state index contributed by atoms with van der Waals surface area (Å²) in [5.74, 6) is 6.22. The molecule has 1 aromatic carbocycles. The van der Waals surface area contributed by atoms with Crippen molar-refractivity contribution in [2.75, 3.05) is 0 Å². The van der Waals surface area contributed by atoms with Crippen LogP contribution in [-0.2, 0) is 6.42 Å². The van der Waals surface area contributed by atoms with Crippen molar-refractivity contribution in [1.82, 2.24) is 4.98 Å². The van der Waals surface area contributed by atoms with Gasteiger partial charge < -0.3 is 0 Å². The van der Waals surface area contributed by atoms with Crippen molar-refractivity contribution in [2.24, 2.45) is 0 Å². The van der Waals surface area contributed by atoms with E-state index in [4.69, 9.17) is 0 Å². The van der Waals surface area contributed by atoms with Crippen molar-refractivity contribution in [1.29, 1.82) is 0 Å². The average Bonchev–Trinajstić information content (AvgIpc) is 2.40. The van der Waals surface area contributed by atoms with E-state index in [1.165, 1.54) is 12.0 Å². The highest BCUT2D eigenvalue weighted by atomic mass is 14.7. The Morgan fingerprint density at radius 3 is 2.39 bits per heavy atom. The average molecular weight is 235 g/mol. The number of hydrogen-bond donors (Lipinski definition) is 0. The predicted octanol–water partition coefficient (Wildman–Crippen LogP) is 3.74. The molecule has 0 aliphatic heterocycles. The first-order valence-electron chi connectivity index (χ1n) is 6.31. The zero-order chi connectivity index (χ0) is 12.8. The predicted molar refractivity (Wildman–Crippen MR) is 75.4 cm³/mol. The number of pyridine rings is 1. The summed E-state index contributed by atoms with van der Waals surface area (Å²) in [6.45, 7) is 4.22. The van der Waals surface area contributed by atoms with Crippen LogP contribution in [-0.4, -0.2) is 4.98 Å². The molecule has 2 rings (SSSR count). The third-order valence-electron chi connectivity index (χ3n) is 2.74. The maximum absolute atomic E-state index is 4.27. The number of rotatable bonds is 2. The van der Waals surface area contributed by atoms with Crippen LogP contribution in [0.1, 0.15) is 35.7 Å². The fourth-order valence-corrected chi connectivity index (χ4v) is 1.72. The van der Waals surface area contributed by atoms with Crippen molar-refractivity contribution >= 4 is 0 Å². The molecule has 2 aromatic rings. The standard InChI is InChI=1S/C17H17N/c1-3-4-15-6-8-16(9-7-15)10-12-17-11-5-14(2)13-18-17/h5-9,11,13H,3-4H2,1-2H3. The van der Waals surface area contributed by atoms with Crippen LogP contribution in [0.5, 0.6) is 0 Å².